The molecule has 2 saturated carbocycles. The second-order valence-electron chi connectivity index (χ2n) is 9.92. The van der Waals surface area contributed by atoms with Crippen LogP contribution in [0.25, 0.3) is 0 Å². The lowest BCUT2D eigenvalue weighted by atomic mass is 9.94. The largest absolute Gasteiger partial charge is 0.0741 e. The highest BCUT2D eigenvalue weighted by atomic mass is 14.3. The molecule has 0 heterocycles. The summed E-state index contributed by atoms with van der Waals surface area (Å²) in [6.45, 7) is 0. The minimum absolute atomic E-state index is 0.722. The fourth-order valence-electron chi connectivity index (χ4n) is 5.93. The Morgan fingerprint density at radius 3 is 0.929 bits per heavy atom. The van der Waals surface area contributed by atoms with Gasteiger partial charge in [-0.3, -0.25) is 0 Å². The highest BCUT2D eigenvalue weighted by Crippen LogP contribution is 2.38. The number of allylic oxidation sites excluding steroid dienone is 8. The van der Waals surface area contributed by atoms with E-state index in [1.165, 1.54) is 116 Å². The lowest BCUT2D eigenvalue weighted by molar-refractivity contribution is 0.559. The number of fused-ring (bicyclic) bond motifs is 2. The van der Waals surface area contributed by atoms with Crippen LogP contribution in [0.4, 0.5) is 0 Å². The molecule has 0 N–H and O–H groups in total. The molecule has 0 atom stereocenters. The first kappa shape index (κ1) is 20.2. The molecule has 0 aromatic rings. The molecule has 0 aromatic heterocycles. The Kier molecular flexibility index (Phi) is 7.70. The fraction of sp³-hybridized carbons (Fsp3) is 0.714. The van der Waals surface area contributed by atoms with Gasteiger partial charge in [0.15, 0.2) is 0 Å². The third-order valence-electron chi connectivity index (χ3n) is 7.60. The summed E-state index contributed by atoms with van der Waals surface area (Å²) < 4.78 is 0. The molecule has 0 aliphatic heterocycles. The molecule has 0 aromatic carbocycles. The number of rotatable bonds is 3. The first-order valence-electron chi connectivity index (χ1n) is 12.7. The summed E-state index contributed by atoms with van der Waals surface area (Å²) in [5.41, 5.74) is 6.90. The molecule has 0 nitrogen and oxygen atoms in total. The van der Waals surface area contributed by atoms with Crippen LogP contribution in [-0.4, -0.2) is 0 Å². The van der Waals surface area contributed by atoms with Crippen molar-refractivity contribution in [2.75, 3.05) is 0 Å². The minimum atomic E-state index is 0.722. The summed E-state index contributed by atoms with van der Waals surface area (Å²) in [6, 6.07) is 0. The maximum absolute atomic E-state index is 2.67. The maximum Gasteiger partial charge on any atom is -0.00413 e. The van der Waals surface area contributed by atoms with Crippen molar-refractivity contribution in [1.82, 2.24) is 0 Å². The van der Waals surface area contributed by atoms with Gasteiger partial charge in [0, 0.05) is 0 Å². The molecule has 0 bridgehead atoms. The summed E-state index contributed by atoms with van der Waals surface area (Å²) in [4.78, 5) is 0. The lowest BCUT2D eigenvalue weighted by Gasteiger charge is -2.12. The van der Waals surface area contributed by atoms with Crippen molar-refractivity contribution >= 4 is 0 Å². The SMILES string of the molecule is C1=C2CCCCCCCCCCC2=CC1CCC1C=C2CCCCCCC2=C1. The predicted molar refractivity (Wildman–Crippen MR) is 122 cm³/mol. The van der Waals surface area contributed by atoms with Gasteiger partial charge >= 0.3 is 0 Å². The standard InChI is InChI=1S/C28H42/c1-2-4-6-10-14-26-20-23(19-25(26)13-9-5-3-1)17-18-24-21-27-15-11-7-8-12-16-28(27)22-24/h19-24H,1-18H2. The van der Waals surface area contributed by atoms with E-state index in [2.05, 4.69) is 24.3 Å². The van der Waals surface area contributed by atoms with Gasteiger partial charge in [0.2, 0.25) is 0 Å². The summed E-state index contributed by atoms with van der Waals surface area (Å²) in [7, 11) is 0. The van der Waals surface area contributed by atoms with Gasteiger partial charge in [-0.1, -0.05) is 75.7 Å². The Labute approximate surface area is 174 Å². The quantitative estimate of drug-likeness (QED) is 0.459. The van der Waals surface area contributed by atoms with E-state index in [-0.39, 0.29) is 0 Å². The molecular formula is C28H42. The third-order valence-corrected chi connectivity index (χ3v) is 7.60. The second-order valence-corrected chi connectivity index (χ2v) is 9.92. The van der Waals surface area contributed by atoms with E-state index in [9.17, 15) is 0 Å². The first-order chi connectivity index (χ1) is 13.9. The normalized spacial score (nSPS) is 25.9. The number of hydrogen-bond donors (Lipinski definition) is 0. The molecule has 4 aliphatic carbocycles. The average Bonchev–Trinajstić information content (AvgIpc) is 3.23. The minimum Gasteiger partial charge on any atom is -0.0741 e. The Hall–Kier alpha value is -1.04. The third kappa shape index (κ3) is 5.74. The topological polar surface area (TPSA) is 0 Å². The highest BCUT2D eigenvalue weighted by molar-refractivity contribution is 5.40. The van der Waals surface area contributed by atoms with E-state index in [4.69, 9.17) is 0 Å². The zero-order valence-corrected chi connectivity index (χ0v) is 18.2. The van der Waals surface area contributed by atoms with Gasteiger partial charge in [-0.15, -0.1) is 0 Å². The van der Waals surface area contributed by atoms with Crippen LogP contribution in [0.2, 0.25) is 0 Å². The smallest absolute Gasteiger partial charge is 0.00413 e. The van der Waals surface area contributed by atoms with Crippen LogP contribution in [0.3, 0.4) is 0 Å². The van der Waals surface area contributed by atoms with Crippen molar-refractivity contribution in [2.45, 2.75) is 116 Å². The van der Waals surface area contributed by atoms with E-state index in [1.54, 1.807) is 22.3 Å². The molecule has 28 heavy (non-hydrogen) atoms. The van der Waals surface area contributed by atoms with Gasteiger partial charge in [0.1, 0.15) is 0 Å². The van der Waals surface area contributed by atoms with Crippen molar-refractivity contribution in [2.24, 2.45) is 11.8 Å². The Balaban J connectivity index is 1.32. The zero-order valence-electron chi connectivity index (χ0n) is 18.2. The fourth-order valence-corrected chi connectivity index (χ4v) is 5.93. The van der Waals surface area contributed by atoms with Gasteiger partial charge < -0.3 is 0 Å². The van der Waals surface area contributed by atoms with Gasteiger partial charge in [0.05, 0.1) is 0 Å². The Bertz CT molecular complexity index is 574. The van der Waals surface area contributed by atoms with Gasteiger partial charge in [0.25, 0.3) is 0 Å². The van der Waals surface area contributed by atoms with E-state index in [0.29, 0.717) is 0 Å². The maximum atomic E-state index is 2.67. The van der Waals surface area contributed by atoms with Crippen LogP contribution in [0.15, 0.2) is 46.6 Å². The molecule has 2 fully saturated rings. The van der Waals surface area contributed by atoms with Gasteiger partial charge in [-0.05, 0) is 98.3 Å². The molecule has 0 saturated heterocycles. The van der Waals surface area contributed by atoms with Gasteiger partial charge in [-0.25, -0.2) is 0 Å². The Morgan fingerprint density at radius 1 is 0.393 bits per heavy atom. The van der Waals surface area contributed by atoms with Crippen LogP contribution < -0.4 is 0 Å². The monoisotopic (exact) mass is 378 g/mol. The van der Waals surface area contributed by atoms with E-state index in [0.717, 1.165) is 11.8 Å². The molecule has 0 unspecified atom stereocenters. The molecular weight excluding hydrogens is 336 g/mol. The van der Waals surface area contributed by atoms with Crippen molar-refractivity contribution < 1.29 is 0 Å². The summed E-state index contributed by atoms with van der Waals surface area (Å²) >= 11 is 0. The van der Waals surface area contributed by atoms with Crippen LogP contribution in [0.5, 0.6) is 0 Å². The highest BCUT2D eigenvalue weighted by Gasteiger charge is 2.21. The summed E-state index contributed by atoms with van der Waals surface area (Å²) in [5, 5.41) is 0. The van der Waals surface area contributed by atoms with Crippen LogP contribution in [0, 0.1) is 11.8 Å². The van der Waals surface area contributed by atoms with Crippen molar-refractivity contribution in [1.29, 1.82) is 0 Å². The van der Waals surface area contributed by atoms with Crippen molar-refractivity contribution in [3.05, 3.63) is 46.6 Å². The molecule has 4 aliphatic rings. The molecule has 0 amide bonds. The van der Waals surface area contributed by atoms with E-state index < -0.39 is 0 Å². The number of hydrogen-bond acceptors (Lipinski definition) is 0. The molecule has 154 valence electrons. The zero-order chi connectivity index (χ0) is 19.0. The lowest BCUT2D eigenvalue weighted by Crippen LogP contribution is -1.96. The second kappa shape index (κ2) is 10.7. The summed E-state index contributed by atoms with van der Waals surface area (Å²) in [6.07, 6.45) is 36.0. The predicted octanol–water partition coefficient (Wildman–Crippen LogP) is 9.00. The van der Waals surface area contributed by atoms with Crippen LogP contribution >= 0.6 is 0 Å². The molecule has 0 spiro atoms. The Morgan fingerprint density at radius 2 is 0.643 bits per heavy atom. The van der Waals surface area contributed by atoms with Gasteiger partial charge in [-0.2, -0.15) is 0 Å². The summed E-state index contributed by atoms with van der Waals surface area (Å²) in [5.74, 6) is 1.45. The van der Waals surface area contributed by atoms with Crippen molar-refractivity contribution in [3.63, 3.8) is 0 Å². The van der Waals surface area contributed by atoms with Crippen LogP contribution in [0.1, 0.15) is 116 Å². The molecule has 0 heteroatoms. The van der Waals surface area contributed by atoms with E-state index in [1.807, 2.05) is 0 Å². The van der Waals surface area contributed by atoms with Crippen molar-refractivity contribution in [3.8, 4) is 0 Å². The molecule has 4 rings (SSSR count). The molecule has 0 radical (unpaired) electrons. The average molecular weight is 379 g/mol. The first-order valence-corrected chi connectivity index (χ1v) is 12.7. The van der Waals surface area contributed by atoms with Crippen LogP contribution in [-0.2, 0) is 0 Å². The van der Waals surface area contributed by atoms with E-state index >= 15 is 0 Å².